The number of benzene rings is 2. The Morgan fingerprint density at radius 3 is 2.62 bits per heavy atom. The van der Waals surface area contributed by atoms with Crippen LogP contribution >= 0.6 is 0 Å². The SMILES string of the molecule is OC(Cc1cnn(Cn2cc(-c3ccccc3)nn2)n1)(Cn1cncn1)c1ccc(F)cc1F. The van der Waals surface area contributed by atoms with E-state index < -0.39 is 17.2 Å². The van der Waals surface area contributed by atoms with Crippen LogP contribution in [0.5, 0.6) is 0 Å². The van der Waals surface area contributed by atoms with Gasteiger partial charge in [0, 0.05) is 23.6 Å². The Kier molecular flexibility index (Phi) is 5.64. The fourth-order valence-electron chi connectivity index (χ4n) is 3.71. The maximum atomic E-state index is 14.6. The van der Waals surface area contributed by atoms with Crippen molar-refractivity contribution in [3.8, 4) is 11.3 Å². The zero-order valence-corrected chi connectivity index (χ0v) is 17.8. The highest BCUT2D eigenvalue weighted by Gasteiger charge is 2.35. The Hall–Kier alpha value is -4.32. The number of halogens is 2. The molecule has 10 nitrogen and oxygen atoms in total. The Balaban J connectivity index is 1.37. The van der Waals surface area contributed by atoms with Gasteiger partial charge in [-0.05, 0) is 6.07 Å². The highest BCUT2D eigenvalue weighted by Crippen LogP contribution is 2.29. The molecule has 0 radical (unpaired) electrons. The molecule has 3 heterocycles. The summed E-state index contributed by atoms with van der Waals surface area (Å²) in [5, 5.41) is 32.3. The summed E-state index contributed by atoms with van der Waals surface area (Å²) >= 11 is 0. The predicted octanol–water partition coefficient (Wildman–Crippen LogP) is 2.04. The minimum Gasteiger partial charge on any atom is -0.383 e. The van der Waals surface area contributed by atoms with Gasteiger partial charge >= 0.3 is 0 Å². The van der Waals surface area contributed by atoms with Crippen LogP contribution in [0.25, 0.3) is 11.3 Å². The van der Waals surface area contributed by atoms with E-state index in [-0.39, 0.29) is 25.2 Å². The minimum atomic E-state index is -1.78. The summed E-state index contributed by atoms with van der Waals surface area (Å²) < 4.78 is 31.0. The van der Waals surface area contributed by atoms with E-state index in [2.05, 4.69) is 30.6 Å². The van der Waals surface area contributed by atoms with E-state index >= 15 is 0 Å². The Labute approximate surface area is 192 Å². The summed E-state index contributed by atoms with van der Waals surface area (Å²) in [4.78, 5) is 5.24. The molecule has 172 valence electrons. The van der Waals surface area contributed by atoms with Crippen molar-refractivity contribution >= 4 is 0 Å². The molecular formula is C22H19F2N9O. The van der Waals surface area contributed by atoms with Crippen molar-refractivity contribution in [1.82, 2.24) is 44.8 Å². The summed E-state index contributed by atoms with van der Waals surface area (Å²) in [6, 6.07) is 12.7. The van der Waals surface area contributed by atoms with Gasteiger partial charge in [-0.1, -0.05) is 41.6 Å². The normalized spacial score (nSPS) is 13.1. The van der Waals surface area contributed by atoms with Gasteiger partial charge in [0.2, 0.25) is 0 Å². The fourth-order valence-corrected chi connectivity index (χ4v) is 3.71. The topological polar surface area (TPSA) is 112 Å². The molecule has 0 spiro atoms. The molecule has 0 saturated carbocycles. The van der Waals surface area contributed by atoms with Crippen molar-refractivity contribution in [2.45, 2.75) is 25.2 Å². The predicted molar refractivity (Wildman–Crippen MR) is 115 cm³/mol. The van der Waals surface area contributed by atoms with Gasteiger partial charge in [0.1, 0.15) is 35.6 Å². The third-order valence-electron chi connectivity index (χ3n) is 5.26. The molecular weight excluding hydrogens is 444 g/mol. The highest BCUT2D eigenvalue weighted by atomic mass is 19.1. The Morgan fingerprint density at radius 2 is 1.85 bits per heavy atom. The van der Waals surface area contributed by atoms with E-state index in [4.69, 9.17) is 0 Å². The van der Waals surface area contributed by atoms with E-state index in [1.165, 1.54) is 34.4 Å². The third-order valence-corrected chi connectivity index (χ3v) is 5.26. The van der Waals surface area contributed by atoms with Crippen LogP contribution < -0.4 is 0 Å². The molecule has 3 aromatic heterocycles. The van der Waals surface area contributed by atoms with Crippen molar-refractivity contribution in [3.05, 3.63) is 96.5 Å². The monoisotopic (exact) mass is 463 g/mol. The van der Waals surface area contributed by atoms with Crippen LogP contribution in [0, 0.1) is 11.6 Å². The van der Waals surface area contributed by atoms with Crippen LogP contribution in [0.2, 0.25) is 0 Å². The van der Waals surface area contributed by atoms with E-state index in [0.29, 0.717) is 11.4 Å². The van der Waals surface area contributed by atoms with Crippen LogP contribution in [0.1, 0.15) is 11.3 Å². The summed E-state index contributed by atoms with van der Waals surface area (Å²) in [5.41, 5.74) is 0.182. The zero-order chi connectivity index (χ0) is 23.5. The molecule has 0 aliphatic heterocycles. The van der Waals surface area contributed by atoms with Gasteiger partial charge in [-0.15, -0.1) is 5.10 Å². The lowest BCUT2D eigenvalue weighted by atomic mass is 9.88. The molecule has 0 bridgehead atoms. The second kappa shape index (κ2) is 8.90. The van der Waals surface area contributed by atoms with Gasteiger partial charge in [0.25, 0.3) is 0 Å². The lowest BCUT2D eigenvalue weighted by Crippen LogP contribution is -2.35. The maximum Gasteiger partial charge on any atom is 0.154 e. The van der Waals surface area contributed by atoms with Crippen molar-refractivity contribution in [3.63, 3.8) is 0 Å². The number of nitrogens with zero attached hydrogens (tertiary/aromatic N) is 9. The summed E-state index contributed by atoms with van der Waals surface area (Å²) in [6.07, 6.45) is 5.86. The molecule has 1 unspecified atom stereocenters. The molecule has 2 aromatic carbocycles. The average Bonchev–Trinajstić information content (AvgIpc) is 3.58. The van der Waals surface area contributed by atoms with Crippen LogP contribution in [0.3, 0.4) is 0 Å². The van der Waals surface area contributed by atoms with Crippen LogP contribution in [0.4, 0.5) is 8.78 Å². The van der Waals surface area contributed by atoms with Gasteiger partial charge in [-0.3, -0.25) is 0 Å². The lowest BCUT2D eigenvalue weighted by Gasteiger charge is -2.28. The molecule has 34 heavy (non-hydrogen) atoms. The van der Waals surface area contributed by atoms with E-state index in [1.54, 1.807) is 10.9 Å². The van der Waals surface area contributed by atoms with Crippen LogP contribution in [0.15, 0.2) is 73.6 Å². The average molecular weight is 463 g/mol. The molecule has 1 atom stereocenters. The van der Waals surface area contributed by atoms with Crippen molar-refractivity contribution in [2.75, 3.05) is 0 Å². The van der Waals surface area contributed by atoms with Gasteiger partial charge in [0.15, 0.2) is 6.67 Å². The zero-order valence-electron chi connectivity index (χ0n) is 17.8. The highest BCUT2D eigenvalue weighted by molar-refractivity contribution is 5.57. The molecule has 0 fully saturated rings. The standard InChI is InChI=1S/C22H19F2N9O/c23-17-6-7-19(20(24)8-17)22(34,12-32-14-25-13-27-32)9-18-10-26-33(29-18)15-31-11-21(28-30-31)16-4-2-1-3-5-16/h1-8,10-11,13-14,34H,9,12,15H2. The fraction of sp³-hybridized carbons (Fsp3) is 0.182. The first-order chi connectivity index (χ1) is 16.5. The van der Waals surface area contributed by atoms with Crippen molar-refractivity contribution < 1.29 is 13.9 Å². The van der Waals surface area contributed by atoms with Gasteiger partial charge in [-0.25, -0.2) is 23.1 Å². The smallest absolute Gasteiger partial charge is 0.154 e. The second-order valence-corrected chi connectivity index (χ2v) is 7.78. The Morgan fingerprint density at radius 1 is 1.00 bits per heavy atom. The molecule has 5 aromatic rings. The van der Waals surface area contributed by atoms with Gasteiger partial charge < -0.3 is 5.11 Å². The van der Waals surface area contributed by atoms with E-state index in [0.717, 1.165) is 17.7 Å². The number of rotatable bonds is 8. The van der Waals surface area contributed by atoms with Crippen molar-refractivity contribution in [1.29, 1.82) is 0 Å². The van der Waals surface area contributed by atoms with Gasteiger partial charge in [0.05, 0.1) is 24.6 Å². The van der Waals surface area contributed by atoms with E-state index in [1.807, 2.05) is 30.3 Å². The minimum absolute atomic E-state index is 0.0808. The molecule has 5 rings (SSSR count). The van der Waals surface area contributed by atoms with Crippen LogP contribution in [-0.4, -0.2) is 49.9 Å². The largest absolute Gasteiger partial charge is 0.383 e. The van der Waals surface area contributed by atoms with Gasteiger partial charge in [-0.2, -0.15) is 20.1 Å². The molecule has 1 N–H and O–H groups in total. The Bertz CT molecular complexity index is 1380. The third kappa shape index (κ3) is 4.57. The maximum absolute atomic E-state index is 14.6. The first-order valence-electron chi connectivity index (χ1n) is 10.3. The molecule has 0 saturated heterocycles. The number of hydrogen-bond acceptors (Lipinski definition) is 7. The van der Waals surface area contributed by atoms with Crippen LogP contribution in [-0.2, 0) is 25.2 Å². The van der Waals surface area contributed by atoms with E-state index in [9.17, 15) is 13.9 Å². The molecule has 0 aliphatic carbocycles. The first kappa shape index (κ1) is 21.5. The quantitative estimate of drug-likeness (QED) is 0.375. The number of aliphatic hydroxyl groups is 1. The second-order valence-electron chi connectivity index (χ2n) is 7.78. The summed E-state index contributed by atoms with van der Waals surface area (Å²) in [5.74, 6) is -1.61. The summed E-state index contributed by atoms with van der Waals surface area (Å²) in [6.45, 7) is 0.0676. The lowest BCUT2D eigenvalue weighted by molar-refractivity contribution is 0.0106. The number of hydrogen-bond donors (Lipinski definition) is 1. The molecule has 0 aliphatic rings. The first-order valence-corrected chi connectivity index (χ1v) is 10.3. The summed E-state index contributed by atoms with van der Waals surface area (Å²) in [7, 11) is 0. The van der Waals surface area contributed by atoms with Crippen molar-refractivity contribution in [2.24, 2.45) is 0 Å². The number of aromatic nitrogens is 9. The molecule has 0 amide bonds. The molecule has 12 heteroatoms.